The van der Waals surface area contributed by atoms with Crippen molar-refractivity contribution in [3.8, 4) is 6.07 Å². The molecule has 0 N–H and O–H groups in total. The van der Waals surface area contributed by atoms with Gasteiger partial charge in [0.25, 0.3) is 0 Å². The molecule has 0 amide bonds. The standard InChI is InChI=1S/C17H15NOS/c1-13-2-8-16(9-3-13)17(19)12-20-11-15-6-4-14(10-18)5-7-15/h2-9H,11-12H2,1H3. The summed E-state index contributed by atoms with van der Waals surface area (Å²) in [5.41, 5.74) is 3.72. The SMILES string of the molecule is Cc1ccc(C(=O)CSCc2ccc(C#N)cc2)cc1. The van der Waals surface area contributed by atoms with E-state index in [1.807, 2.05) is 43.3 Å². The van der Waals surface area contributed by atoms with E-state index in [0.717, 1.165) is 22.4 Å². The van der Waals surface area contributed by atoms with Gasteiger partial charge in [0.1, 0.15) is 0 Å². The molecule has 0 aromatic heterocycles. The van der Waals surface area contributed by atoms with Gasteiger partial charge in [-0.05, 0) is 24.6 Å². The molecule has 0 spiro atoms. The number of aryl methyl sites for hydroxylation is 1. The highest BCUT2D eigenvalue weighted by atomic mass is 32.2. The third kappa shape index (κ3) is 3.97. The molecule has 0 aliphatic rings. The van der Waals surface area contributed by atoms with E-state index in [1.54, 1.807) is 23.9 Å². The Kier molecular flexibility index (Phi) is 4.97. The Morgan fingerprint density at radius 1 is 1.10 bits per heavy atom. The zero-order valence-corrected chi connectivity index (χ0v) is 12.1. The Hall–Kier alpha value is -2.05. The van der Waals surface area contributed by atoms with Crippen LogP contribution in [0.1, 0.15) is 27.0 Å². The topological polar surface area (TPSA) is 40.9 Å². The van der Waals surface area contributed by atoms with Gasteiger partial charge in [-0.2, -0.15) is 5.26 Å². The minimum Gasteiger partial charge on any atom is -0.293 e. The van der Waals surface area contributed by atoms with Gasteiger partial charge in [0.2, 0.25) is 0 Å². The van der Waals surface area contributed by atoms with E-state index in [4.69, 9.17) is 5.26 Å². The van der Waals surface area contributed by atoms with Crippen molar-refractivity contribution in [3.63, 3.8) is 0 Å². The lowest BCUT2D eigenvalue weighted by atomic mass is 10.1. The van der Waals surface area contributed by atoms with Crippen LogP contribution in [0.2, 0.25) is 0 Å². The Bertz CT molecular complexity index is 624. The molecule has 0 radical (unpaired) electrons. The Labute approximate surface area is 123 Å². The van der Waals surface area contributed by atoms with Crippen LogP contribution in [0.5, 0.6) is 0 Å². The first-order valence-electron chi connectivity index (χ1n) is 6.35. The summed E-state index contributed by atoms with van der Waals surface area (Å²) < 4.78 is 0. The molecule has 20 heavy (non-hydrogen) atoms. The molecule has 2 aromatic carbocycles. The van der Waals surface area contributed by atoms with E-state index in [-0.39, 0.29) is 5.78 Å². The van der Waals surface area contributed by atoms with Crippen LogP contribution in [0.3, 0.4) is 0 Å². The molecular formula is C17H15NOS. The number of rotatable bonds is 5. The van der Waals surface area contributed by atoms with Gasteiger partial charge in [0.05, 0.1) is 17.4 Å². The van der Waals surface area contributed by atoms with Crippen LogP contribution in [0.4, 0.5) is 0 Å². The van der Waals surface area contributed by atoms with Gasteiger partial charge in [-0.25, -0.2) is 0 Å². The largest absolute Gasteiger partial charge is 0.293 e. The molecule has 0 fully saturated rings. The highest BCUT2D eigenvalue weighted by Crippen LogP contribution is 2.15. The fourth-order valence-corrected chi connectivity index (χ4v) is 2.64. The molecule has 0 aliphatic carbocycles. The molecular weight excluding hydrogens is 266 g/mol. The van der Waals surface area contributed by atoms with E-state index in [1.165, 1.54) is 0 Å². The molecule has 0 bridgehead atoms. The van der Waals surface area contributed by atoms with Gasteiger partial charge < -0.3 is 0 Å². The Morgan fingerprint density at radius 3 is 2.35 bits per heavy atom. The van der Waals surface area contributed by atoms with Crippen molar-refractivity contribution in [2.75, 3.05) is 5.75 Å². The van der Waals surface area contributed by atoms with Gasteiger partial charge in [0, 0.05) is 11.3 Å². The summed E-state index contributed by atoms with van der Waals surface area (Å²) in [5, 5.41) is 8.72. The normalized spacial score (nSPS) is 10.0. The Morgan fingerprint density at radius 2 is 1.75 bits per heavy atom. The van der Waals surface area contributed by atoms with Crippen LogP contribution in [0.25, 0.3) is 0 Å². The third-order valence-electron chi connectivity index (χ3n) is 2.96. The molecule has 0 unspecified atom stereocenters. The van der Waals surface area contributed by atoms with E-state index < -0.39 is 0 Å². The van der Waals surface area contributed by atoms with E-state index in [0.29, 0.717) is 11.3 Å². The average Bonchev–Trinajstić information content (AvgIpc) is 2.48. The number of thioether (sulfide) groups is 1. The molecule has 3 heteroatoms. The summed E-state index contributed by atoms with van der Waals surface area (Å²) in [7, 11) is 0. The zero-order valence-electron chi connectivity index (χ0n) is 11.3. The molecule has 2 nitrogen and oxygen atoms in total. The van der Waals surface area contributed by atoms with Crippen molar-refractivity contribution in [2.45, 2.75) is 12.7 Å². The quantitative estimate of drug-likeness (QED) is 0.778. The summed E-state index contributed by atoms with van der Waals surface area (Å²) in [6, 6.07) is 17.2. The maximum atomic E-state index is 12.0. The number of carbonyl (C=O) groups is 1. The lowest BCUT2D eigenvalue weighted by Gasteiger charge is -2.03. The van der Waals surface area contributed by atoms with Crippen molar-refractivity contribution >= 4 is 17.5 Å². The van der Waals surface area contributed by atoms with Crippen molar-refractivity contribution in [3.05, 3.63) is 70.8 Å². The smallest absolute Gasteiger partial charge is 0.172 e. The Balaban J connectivity index is 1.84. The number of ketones is 1. The van der Waals surface area contributed by atoms with Crippen molar-refractivity contribution in [1.82, 2.24) is 0 Å². The van der Waals surface area contributed by atoms with Crippen LogP contribution in [-0.2, 0) is 5.75 Å². The average molecular weight is 281 g/mol. The van der Waals surface area contributed by atoms with Crippen LogP contribution in [0.15, 0.2) is 48.5 Å². The highest BCUT2D eigenvalue weighted by molar-refractivity contribution is 7.99. The maximum Gasteiger partial charge on any atom is 0.172 e. The second kappa shape index (κ2) is 6.93. The monoisotopic (exact) mass is 281 g/mol. The number of nitrogens with zero attached hydrogens (tertiary/aromatic N) is 1. The van der Waals surface area contributed by atoms with Gasteiger partial charge >= 0.3 is 0 Å². The van der Waals surface area contributed by atoms with Gasteiger partial charge in [-0.15, -0.1) is 11.8 Å². The predicted molar refractivity (Wildman–Crippen MR) is 82.8 cm³/mol. The predicted octanol–water partition coefficient (Wildman–Crippen LogP) is 3.98. The minimum absolute atomic E-state index is 0.156. The molecule has 2 aromatic rings. The third-order valence-corrected chi connectivity index (χ3v) is 3.96. The summed E-state index contributed by atoms with van der Waals surface area (Å²) >= 11 is 1.59. The molecule has 0 saturated heterocycles. The fourth-order valence-electron chi connectivity index (χ4n) is 1.76. The lowest BCUT2D eigenvalue weighted by Crippen LogP contribution is -2.02. The van der Waals surface area contributed by atoms with Gasteiger partial charge in [-0.1, -0.05) is 42.0 Å². The first-order chi connectivity index (χ1) is 9.69. The number of hydrogen-bond acceptors (Lipinski definition) is 3. The molecule has 0 aliphatic heterocycles. The highest BCUT2D eigenvalue weighted by Gasteiger charge is 2.05. The summed E-state index contributed by atoms with van der Waals surface area (Å²) in [6.45, 7) is 2.01. The fraction of sp³-hybridized carbons (Fsp3) is 0.176. The van der Waals surface area contributed by atoms with E-state index >= 15 is 0 Å². The number of Topliss-reactive ketones (excluding diaryl/α,β-unsaturated/α-hetero) is 1. The van der Waals surface area contributed by atoms with Crippen LogP contribution in [-0.4, -0.2) is 11.5 Å². The molecule has 100 valence electrons. The van der Waals surface area contributed by atoms with Crippen LogP contribution >= 0.6 is 11.8 Å². The number of nitriles is 1. The summed E-state index contributed by atoms with van der Waals surface area (Å²) in [5.74, 6) is 1.41. The second-order valence-corrected chi connectivity index (χ2v) is 5.58. The van der Waals surface area contributed by atoms with E-state index in [9.17, 15) is 4.79 Å². The second-order valence-electron chi connectivity index (χ2n) is 4.59. The van der Waals surface area contributed by atoms with E-state index in [2.05, 4.69) is 6.07 Å². The van der Waals surface area contributed by atoms with Gasteiger partial charge in [0.15, 0.2) is 5.78 Å². The first-order valence-corrected chi connectivity index (χ1v) is 7.51. The molecule has 0 saturated carbocycles. The number of hydrogen-bond donors (Lipinski definition) is 0. The molecule has 2 rings (SSSR count). The van der Waals surface area contributed by atoms with Gasteiger partial charge in [-0.3, -0.25) is 4.79 Å². The van der Waals surface area contributed by atoms with Crippen LogP contribution < -0.4 is 0 Å². The van der Waals surface area contributed by atoms with Crippen molar-refractivity contribution < 1.29 is 4.79 Å². The number of benzene rings is 2. The first kappa shape index (κ1) is 14.4. The summed E-state index contributed by atoms with van der Waals surface area (Å²) in [4.78, 5) is 12.0. The molecule has 0 heterocycles. The van der Waals surface area contributed by atoms with Crippen molar-refractivity contribution in [2.24, 2.45) is 0 Å². The van der Waals surface area contributed by atoms with Crippen molar-refractivity contribution in [1.29, 1.82) is 5.26 Å². The van der Waals surface area contributed by atoms with Crippen LogP contribution in [0, 0.1) is 18.3 Å². The molecule has 0 atom stereocenters. The lowest BCUT2D eigenvalue weighted by molar-refractivity contribution is 0.102. The zero-order chi connectivity index (χ0) is 14.4. The summed E-state index contributed by atoms with van der Waals surface area (Å²) in [6.07, 6.45) is 0. The maximum absolute atomic E-state index is 12.0. The number of carbonyl (C=O) groups excluding carboxylic acids is 1. The minimum atomic E-state index is 0.156.